The normalized spacial score (nSPS) is 11.3. The van der Waals surface area contributed by atoms with Crippen molar-refractivity contribution in [3.63, 3.8) is 0 Å². The van der Waals surface area contributed by atoms with E-state index >= 15 is 0 Å². The number of rotatable bonds is 5. The highest BCUT2D eigenvalue weighted by atomic mass is 19.4. The second kappa shape index (κ2) is 6.50. The number of likely N-dealkylation sites (N-methyl/N-ethyl adjacent to an activating group) is 1. The lowest BCUT2D eigenvalue weighted by Gasteiger charge is -2.19. The van der Waals surface area contributed by atoms with Crippen molar-refractivity contribution in [1.29, 1.82) is 0 Å². The van der Waals surface area contributed by atoms with Crippen LogP contribution in [0.15, 0.2) is 24.8 Å². The molecule has 0 aliphatic heterocycles. The fourth-order valence-electron chi connectivity index (χ4n) is 1.76. The van der Waals surface area contributed by atoms with Crippen LogP contribution in [0, 0.1) is 0 Å². The lowest BCUT2D eigenvalue weighted by atomic mass is 10.4. The first-order valence-electron chi connectivity index (χ1n) is 6.43. The first-order valence-corrected chi connectivity index (χ1v) is 6.43. The van der Waals surface area contributed by atoms with Gasteiger partial charge in [-0.2, -0.15) is 18.3 Å². The van der Waals surface area contributed by atoms with E-state index in [1.54, 1.807) is 12.3 Å². The molecule has 11 heteroatoms. The Hall–Kier alpha value is -2.85. The maximum absolute atomic E-state index is 12.2. The SMILES string of the molecule is CN(CC(F)(F)F)C(=O)CNc1ncnc(-n2cccn2)c1N. The van der Waals surface area contributed by atoms with Crippen molar-refractivity contribution < 1.29 is 18.0 Å². The third kappa shape index (κ3) is 4.31. The zero-order chi connectivity index (χ0) is 17.0. The monoisotopic (exact) mass is 329 g/mol. The van der Waals surface area contributed by atoms with Gasteiger partial charge in [0, 0.05) is 19.4 Å². The molecule has 0 spiro atoms. The molecular weight excluding hydrogens is 315 g/mol. The van der Waals surface area contributed by atoms with Gasteiger partial charge in [0.05, 0.1) is 6.54 Å². The first kappa shape index (κ1) is 16.5. The highest BCUT2D eigenvalue weighted by Crippen LogP contribution is 2.20. The van der Waals surface area contributed by atoms with E-state index in [9.17, 15) is 18.0 Å². The number of nitrogens with zero attached hydrogens (tertiary/aromatic N) is 5. The summed E-state index contributed by atoms with van der Waals surface area (Å²) < 4.78 is 38.1. The first-order chi connectivity index (χ1) is 10.8. The van der Waals surface area contributed by atoms with Crippen LogP contribution in [0.1, 0.15) is 0 Å². The molecule has 3 N–H and O–H groups in total. The summed E-state index contributed by atoms with van der Waals surface area (Å²) in [4.78, 5) is 20.1. The maximum Gasteiger partial charge on any atom is 0.406 e. The van der Waals surface area contributed by atoms with Crippen LogP contribution in [0.3, 0.4) is 0 Å². The van der Waals surface area contributed by atoms with Crippen molar-refractivity contribution in [2.24, 2.45) is 0 Å². The van der Waals surface area contributed by atoms with E-state index in [0.29, 0.717) is 10.7 Å². The molecule has 0 atom stereocenters. The minimum absolute atomic E-state index is 0.127. The molecule has 2 aromatic rings. The lowest BCUT2D eigenvalue weighted by Crippen LogP contribution is -2.39. The van der Waals surface area contributed by atoms with E-state index in [2.05, 4.69) is 20.4 Å². The Morgan fingerprint density at radius 3 is 2.78 bits per heavy atom. The Bertz CT molecular complexity index is 672. The van der Waals surface area contributed by atoms with E-state index in [1.165, 1.54) is 17.2 Å². The van der Waals surface area contributed by atoms with E-state index in [0.717, 1.165) is 7.05 Å². The summed E-state index contributed by atoms with van der Waals surface area (Å²) in [7, 11) is 1.07. The van der Waals surface area contributed by atoms with Crippen LogP contribution in [0.5, 0.6) is 0 Å². The molecule has 0 fully saturated rings. The fourth-order valence-corrected chi connectivity index (χ4v) is 1.76. The summed E-state index contributed by atoms with van der Waals surface area (Å²) in [6.45, 7) is -1.71. The molecule has 8 nitrogen and oxygen atoms in total. The number of aromatic nitrogens is 4. The van der Waals surface area contributed by atoms with Crippen molar-refractivity contribution in [2.45, 2.75) is 6.18 Å². The van der Waals surface area contributed by atoms with Crippen LogP contribution in [-0.2, 0) is 4.79 Å². The number of hydrogen-bond donors (Lipinski definition) is 2. The summed E-state index contributed by atoms with van der Waals surface area (Å²) in [6.07, 6.45) is -0.0970. The zero-order valence-electron chi connectivity index (χ0n) is 12.1. The Morgan fingerprint density at radius 2 is 2.17 bits per heavy atom. The number of amides is 1. The van der Waals surface area contributed by atoms with Gasteiger partial charge in [0.15, 0.2) is 11.6 Å². The van der Waals surface area contributed by atoms with E-state index in [1.807, 2.05) is 0 Å². The minimum atomic E-state index is -4.45. The molecule has 2 rings (SSSR count). The Labute approximate surface area is 129 Å². The van der Waals surface area contributed by atoms with Crippen molar-refractivity contribution >= 4 is 17.4 Å². The van der Waals surface area contributed by atoms with Crippen LogP contribution in [-0.4, -0.2) is 56.9 Å². The average Bonchev–Trinajstić information content (AvgIpc) is 2.98. The smallest absolute Gasteiger partial charge is 0.393 e. The molecule has 0 saturated carbocycles. The Balaban J connectivity index is 2.04. The van der Waals surface area contributed by atoms with Gasteiger partial charge in [-0.3, -0.25) is 4.79 Å². The maximum atomic E-state index is 12.2. The molecule has 0 saturated heterocycles. The molecule has 0 aliphatic rings. The summed E-state index contributed by atoms with van der Waals surface area (Å²) in [5.74, 6) is -0.316. The third-order valence-electron chi connectivity index (χ3n) is 2.83. The topological polar surface area (TPSA) is 102 Å². The highest BCUT2D eigenvalue weighted by Gasteiger charge is 2.31. The fraction of sp³-hybridized carbons (Fsp3) is 0.333. The van der Waals surface area contributed by atoms with E-state index in [-0.39, 0.29) is 18.1 Å². The second-order valence-electron chi connectivity index (χ2n) is 4.63. The van der Waals surface area contributed by atoms with Crippen molar-refractivity contribution in [1.82, 2.24) is 24.6 Å². The van der Waals surface area contributed by atoms with Crippen molar-refractivity contribution in [3.8, 4) is 5.82 Å². The number of alkyl halides is 3. The lowest BCUT2D eigenvalue weighted by molar-refractivity contribution is -0.157. The van der Waals surface area contributed by atoms with E-state index in [4.69, 9.17) is 5.73 Å². The van der Waals surface area contributed by atoms with Crippen molar-refractivity contribution in [2.75, 3.05) is 31.2 Å². The number of carbonyl (C=O) groups excluding carboxylic acids is 1. The van der Waals surface area contributed by atoms with Gasteiger partial charge in [-0.1, -0.05) is 0 Å². The third-order valence-corrected chi connectivity index (χ3v) is 2.83. The van der Waals surface area contributed by atoms with Gasteiger partial charge in [-0.25, -0.2) is 14.6 Å². The number of nitrogen functional groups attached to an aromatic ring is 1. The largest absolute Gasteiger partial charge is 0.406 e. The minimum Gasteiger partial charge on any atom is -0.393 e. The molecule has 0 aromatic carbocycles. The van der Waals surface area contributed by atoms with Gasteiger partial charge >= 0.3 is 6.18 Å². The van der Waals surface area contributed by atoms with Crippen LogP contribution in [0.2, 0.25) is 0 Å². The molecule has 0 bridgehead atoms. The number of anilines is 2. The standard InChI is InChI=1S/C12H14F3N7O/c1-21(6-12(13,14)15)8(23)5-17-10-9(16)11(19-7-18-10)22-4-2-3-20-22/h2-4,7H,5-6,16H2,1H3,(H,17,18,19). The van der Waals surface area contributed by atoms with Crippen LogP contribution in [0.25, 0.3) is 5.82 Å². The molecule has 0 aliphatic carbocycles. The van der Waals surface area contributed by atoms with Crippen LogP contribution >= 0.6 is 0 Å². The molecule has 0 radical (unpaired) electrons. The molecule has 23 heavy (non-hydrogen) atoms. The highest BCUT2D eigenvalue weighted by molar-refractivity contribution is 5.82. The Morgan fingerprint density at radius 1 is 1.43 bits per heavy atom. The number of carbonyl (C=O) groups is 1. The van der Waals surface area contributed by atoms with Gasteiger partial charge in [-0.05, 0) is 6.07 Å². The Kier molecular flexibility index (Phi) is 4.67. The number of hydrogen-bond acceptors (Lipinski definition) is 6. The quantitative estimate of drug-likeness (QED) is 0.836. The average molecular weight is 329 g/mol. The summed E-state index contributed by atoms with van der Waals surface area (Å²) in [6, 6.07) is 1.67. The van der Waals surface area contributed by atoms with Gasteiger partial charge in [0.25, 0.3) is 0 Å². The van der Waals surface area contributed by atoms with Gasteiger partial charge < -0.3 is 16.0 Å². The number of nitrogens with one attached hydrogen (secondary N) is 1. The van der Waals surface area contributed by atoms with Gasteiger partial charge in [0.2, 0.25) is 5.91 Å². The van der Waals surface area contributed by atoms with E-state index < -0.39 is 18.6 Å². The predicted molar refractivity (Wildman–Crippen MR) is 75.7 cm³/mol. The number of halogens is 3. The van der Waals surface area contributed by atoms with Gasteiger partial charge in [-0.15, -0.1) is 0 Å². The molecule has 0 unspecified atom stereocenters. The predicted octanol–water partition coefficient (Wildman–Crippen LogP) is 0.677. The summed E-state index contributed by atoms with van der Waals surface area (Å²) in [5.41, 5.74) is 6.01. The molecule has 2 heterocycles. The van der Waals surface area contributed by atoms with Gasteiger partial charge in [0.1, 0.15) is 18.6 Å². The van der Waals surface area contributed by atoms with Crippen molar-refractivity contribution in [3.05, 3.63) is 24.8 Å². The summed E-state index contributed by atoms with van der Waals surface area (Å²) in [5, 5.41) is 6.58. The molecule has 124 valence electrons. The molecule has 2 aromatic heterocycles. The van der Waals surface area contributed by atoms with Crippen LogP contribution < -0.4 is 11.1 Å². The molecule has 1 amide bonds. The molecular formula is C12H14F3N7O. The van der Waals surface area contributed by atoms with Crippen LogP contribution in [0.4, 0.5) is 24.7 Å². The summed E-state index contributed by atoms with van der Waals surface area (Å²) >= 11 is 0. The second-order valence-corrected chi connectivity index (χ2v) is 4.63. The zero-order valence-corrected chi connectivity index (χ0v) is 12.1. The number of nitrogens with two attached hydrogens (primary N) is 1.